The molecular weight excluding hydrogens is 340 g/mol. The lowest BCUT2D eigenvalue weighted by Gasteiger charge is -2.35. The highest BCUT2D eigenvalue weighted by atomic mass is 16.5. The molecule has 6 heteroatoms. The smallest absolute Gasteiger partial charge is 0.309 e. The lowest BCUT2D eigenvalue weighted by atomic mass is 9.97. The molecule has 0 radical (unpaired) electrons. The molecule has 0 aromatic heterocycles. The second kappa shape index (κ2) is 11.5. The van der Waals surface area contributed by atoms with E-state index in [2.05, 4.69) is 35.9 Å². The number of rotatable bonds is 7. The van der Waals surface area contributed by atoms with Gasteiger partial charge >= 0.3 is 5.97 Å². The SMILES string of the molecule is CCNC(=NCC1CCCN(CC(C)C)C1)N1CCC(C(=O)OCC)CC1. The maximum atomic E-state index is 11.9. The number of aliphatic imine (C=N–C) groups is 1. The highest BCUT2D eigenvalue weighted by Gasteiger charge is 2.27. The van der Waals surface area contributed by atoms with E-state index in [0.717, 1.165) is 50.9 Å². The highest BCUT2D eigenvalue weighted by Crippen LogP contribution is 2.20. The van der Waals surface area contributed by atoms with Gasteiger partial charge in [-0.2, -0.15) is 0 Å². The fraction of sp³-hybridized carbons (Fsp3) is 0.905. The van der Waals surface area contributed by atoms with Gasteiger partial charge in [-0.25, -0.2) is 0 Å². The Hall–Kier alpha value is -1.30. The van der Waals surface area contributed by atoms with Crippen molar-refractivity contribution in [3.8, 4) is 0 Å². The summed E-state index contributed by atoms with van der Waals surface area (Å²) in [6, 6.07) is 0. The number of guanidine groups is 1. The lowest BCUT2D eigenvalue weighted by molar-refractivity contribution is -0.149. The summed E-state index contributed by atoms with van der Waals surface area (Å²) in [6.45, 7) is 16.2. The van der Waals surface area contributed by atoms with Gasteiger partial charge in [0.15, 0.2) is 5.96 Å². The summed E-state index contributed by atoms with van der Waals surface area (Å²) in [5, 5.41) is 3.45. The standard InChI is InChI=1S/C21H40N4O2/c1-5-22-21(25-12-9-19(10-13-25)20(26)27-6-2)23-14-18-8-7-11-24(16-18)15-17(3)4/h17-19H,5-16H2,1-4H3,(H,22,23). The normalized spacial score (nSPS) is 22.9. The molecule has 2 aliphatic rings. The van der Waals surface area contributed by atoms with Gasteiger partial charge in [-0.3, -0.25) is 9.79 Å². The van der Waals surface area contributed by atoms with E-state index >= 15 is 0 Å². The topological polar surface area (TPSA) is 57.2 Å². The zero-order chi connectivity index (χ0) is 19.6. The zero-order valence-electron chi connectivity index (χ0n) is 17.9. The predicted molar refractivity (Wildman–Crippen MR) is 111 cm³/mol. The molecule has 0 bridgehead atoms. The monoisotopic (exact) mass is 380 g/mol. The summed E-state index contributed by atoms with van der Waals surface area (Å²) < 4.78 is 5.18. The van der Waals surface area contributed by atoms with Gasteiger partial charge < -0.3 is 19.9 Å². The Bertz CT molecular complexity index is 473. The van der Waals surface area contributed by atoms with E-state index in [1.54, 1.807) is 0 Å². The van der Waals surface area contributed by atoms with Gasteiger partial charge in [0.1, 0.15) is 0 Å². The molecule has 1 N–H and O–H groups in total. The van der Waals surface area contributed by atoms with Crippen molar-refractivity contribution >= 4 is 11.9 Å². The molecule has 27 heavy (non-hydrogen) atoms. The average molecular weight is 381 g/mol. The van der Waals surface area contributed by atoms with E-state index in [0.29, 0.717) is 12.5 Å². The minimum Gasteiger partial charge on any atom is -0.466 e. The number of likely N-dealkylation sites (tertiary alicyclic amines) is 2. The Morgan fingerprint density at radius 1 is 1.19 bits per heavy atom. The average Bonchev–Trinajstić information content (AvgIpc) is 2.65. The van der Waals surface area contributed by atoms with Crippen LogP contribution in [0.1, 0.15) is 53.4 Å². The summed E-state index contributed by atoms with van der Waals surface area (Å²) in [4.78, 5) is 21.8. The Morgan fingerprint density at radius 3 is 2.56 bits per heavy atom. The minimum absolute atomic E-state index is 0.0356. The number of ether oxygens (including phenoxy) is 1. The van der Waals surface area contributed by atoms with Gasteiger partial charge in [0.25, 0.3) is 0 Å². The molecule has 1 atom stereocenters. The fourth-order valence-electron chi connectivity index (χ4n) is 4.21. The summed E-state index contributed by atoms with van der Waals surface area (Å²) in [7, 11) is 0. The van der Waals surface area contributed by atoms with Gasteiger partial charge in [-0.1, -0.05) is 13.8 Å². The van der Waals surface area contributed by atoms with E-state index in [-0.39, 0.29) is 11.9 Å². The van der Waals surface area contributed by atoms with Crippen molar-refractivity contribution in [3.05, 3.63) is 0 Å². The van der Waals surface area contributed by atoms with Crippen molar-refractivity contribution in [1.29, 1.82) is 0 Å². The van der Waals surface area contributed by atoms with Crippen LogP contribution in [0.3, 0.4) is 0 Å². The molecule has 0 saturated carbocycles. The minimum atomic E-state index is -0.0356. The van der Waals surface area contributed by atoms with Gasteiger partial charge in [0.05, 0.1) is 12.5 Å². The third-order valence-electron chi connectivity index (χ3n) is 5.48. The molecule has 0 spiro atoms. The van der Waals surface area contributed by atoms with Crippen LogP contribution >= 0.6 is 0 Å². The van der Waals surface area contributed by atoms with Crippen molar-refractivity contribution in [2.45, 2.75) is 53.4 Å². The molecule has 0 aliphatic carbocycles. The van der Waals surface area contributed by atoms with E-state index < -0.39 is 0 Å². The van der Waals surface area contributed by atoms with Crippen molar-refractivity contribution in [3.63, 3.8) is 0 Å². The van der Waals surface area contributed by atoms with Gasteiger partial charge in [0, 0.05) is 39.3 Å². The van der Waals surface area contributed by atoms with Crippen LogP contribution in [0.5, 0.6) is 0 Å². The van der Waals surface area contributed by atoms with E-state index in [1.165, 1.54) is 32.5 Å². The number of carbonyl (C=O) groups is 1. The highest BCUT2D eigenvalue weighted by molar-refractivity contribution is 5.80. The first kappa shape index (κ1) is 22.0. The summed E-state index contributed by atoms with van der Waals surface area (Å²) >= 11 is 0. The molecule has 2 heterocycles. The van der Waals surface area contributed by atoms with E-state index in [1.807, 2.05) is 6.92 Å². The lowest BCUT2D eigenvalue weighted by Crippen LogP contribution is -2.47. The fourth-order valence-corrected chi connectivity index (χ4v) is 4.21. The summed E-state index contributed by atoms with van der Waals surface area (Å²) in [6.07, 6.45) is 4.28. The van der Waals surface area contributed by atoms with E-state index in [9.17, 15) is 4.79 Å². The molecule has 0 aromatic rings. The summed E-state index contributed by atoms with van der Waals surface area (Å²) in [5.41, 5.74) is 0. The van der Waals surface area contributed by atoms with Crippen molar-refractivity contribution in [2.75, 3.05) is 52.4 Å². The molecule has 2 rings (SSSR count). The molecule has 6 nitrogen and oxygen atoms in total. The Labute approximate surface area is 165 Å². The second-order valence-electron chi connectivity index (χ2n) is 8.37. The Balaban J connectivity index is 1.86. The first-order valence-electron chi connectivity index (χ1n) is 11.0. The van der Waals surface area contributed by atoms with Crippen LogP contribution in [0.2, 0.25) is 0 Å². The Kier molecular flexibility index (Phi) is 9.39. The third kappa shape index (κ3) is 7.32. The van der Waals surface area contributed by atoms with Crippen LogP contribution in [0.15, 0.2) is 4.99 Å². The molecule has 2 saturated heterocycles. The molecular formula is C21H40N4O2. The van der Waals surface area contributed by atoms with Crippen LogP contribution in [0, 0.1) is 17.8 Å². The van der Waals surface area contributed by atoms with Gasteiger partial charge in [0.2, 0.25) is 0 Å². The largest absolute Gasteiger partial charge is 0.466 e. The number of piperidine rings is 2. The number of nitrogens with zero attached hydrogens (tertiary/aromatic N) is 3. The van der Waals surface area contributed by atoms with Crippen LogP contribution in [0.4, 0.5) is 0 Å². The van der Waals surface area contributed by atoms with E-state index in [4.69, 9.17) is 9.73 Å². The Morgan fingerprint density at radius 2 is 1.93 bits per heavy atom. The van der Waals surface area contributed by atoms with Gasteiger partial charge in [-0.15, -0.1) is 0 Å². The number of hydrogen-bond donors (Lipinski definition) is 1. The molecule has 0 amide bonds. The first-order chi connectivity index (χ1) is 13.0. The van der Waals surface area contributed by atoms with Crippen LogP contribution < -0.4 is 5.32 Å². The zero-order valence-corrected chi connectivity index (χ0v) is 17.9. The number of nitrogens with one attached hydrogen (secondary N) is 1. The first-order valence-corrected chi connectivity index (χ1v) is 11.0. The quantitative estimate of drug-likeness (QED) is 0.418. The number of carbonyl (C=O) groups excluding carboxylic acids is 1. The van der Waals surface area contributed by atoms with Gasteiger partial charge in [-0.05, 0) is 57.9 Å². The number of hydrogen-bond acceptors (Lipinski definition) is 4. The molecule has 2 fully saturated rings. The molecule has 1 unspecified atom stereocenters. The van der Waals surface area contributed by atoms with Crippen molar-refractivity contribution < 1.29 is 9.53 Å². The third-order valence-corrected chi connectivity index (χ3v) is 5.48. The maximum Gasteiger partial charge on any atom is 0.309 e. The van der Waals surface area contributed by atoms with Crippen molar-refractivity contribution in [1.82, 2.24) is 15.1 Å². The van der Waals surface area contributed by atoms with Crippen LogP contribution in [-0.2, 0) is 9.53 Å². The van der Waals surface area contributed by atoms with Crippen LogP contribution in [0.25, 0.3) is 0 Å². The molecule has 0 aromatic carbocycles. The second-order valence-corrected chi connectivity index (χ2v) is 8.37. The van der Waals surface area contributed by atoms with Crippen molar-refractivity contribution in [2.24, 2.45) is 22.7 Å². The molecule has 2 aliphatic heterocycles. The van der Waals surface area contributed by atoms with Crippen LogP contribution in [-0.4, -0.2) is 74.1 Å². The number of esters is 1. The maximum absolute atomic E-state index is 11.9. The molecule has 156 valence electrons. The predicted octanol–water partition coefficient (Wildman–Crippen LogP) is 2.60. The summed E-state index contributed by atoms with van der Waals surface area (Å²) in [5.74, 6) is 2.41.